The van der Waals surface area contributed by atoms with Crippen LogP contribution in [0.2, 0.25) is 0 Å². The molecule has 3 atom stereocenters. The van der Waals surface area contributed by atoms with Crippen LogP contribution in [-0.4, -0.2) is 66.3 Å². The van der Waals surface area contributed by atoms with Gasteiger partial charge in [-0.2, -0.15) is 0 Å². The monoisotopic (exact) mass is 835 g/mol. The molecule has 0 saturated heterocycles. The number of hydrogen-bond acceptors (Lipinski definition) is 8. The van der Waals surface area contributed by atoms with Crippen LogP contribution in [0.5, 0.6) is 0 Å². The first kappa shape index (κ1) is 55.6. The van der Waals surface area contributed by atoms with Crippen molar-refractivity contribution in [2.24, 2.45) is 0 Å². The van der Waals surface area contributed by atoms with Crippen LogP contribution < -0.4 is 0 Å². The molecule has 10 heteroatoms. The highest BCUT2D eigenvalue weighted by Gasteiger charge is 2.26. The molecule has 3 unspecified atom stereocenters. The third-order valence-corrected chi connectivity index (χ3v) is 10.0. The van der Waals surface area contributed by atoms with Crippen molar-refractivity contribution < 1.29 is 43.0 Å². The number of phosphoric ester groups is 1. The van der Waals surface area contributed by atoms with E-state index >= 15 is 0 Å². The minimum Gasteiger partial charge on any atom is -0.457 e. The minimum absolute atomic E-state index is 0.00274. The van der Waals surface area contributed by atoms with Crippen molar-refractivity contribution in [3.8, 4) is 0 Å². The number of hydrogen-bond donors (Lipinski definition) is 3. The molecule has 58 heavy (non-hydrogen) atoms. The highest BCUT2D eigenvalue weighted by Crippen LogP contribution is 2.43. The normalized spacial score (nSPS) is 14.8. The van der Waals surface area contributed by atoms with Crippen molar-refractivity contribution in [2.75, 3.05) is 33.0 Å². The van der Waals surface area contributed by atoms with Crippen molar-refractivity contribution in [3.63, 3.8) is 0 Å². The van der Waals surface area contributed by atoms with Gasteiger partial charge < -0.3 is 24.6 Å². The van der Waals surface area contributed by atoms with Gasteiger partial charge in [0.25, 0.3) is 0 Å². The summed E-state index contributed by atoms with van der Waals surface area (Å²) in [5.41, 5.74) is 0. The third kappa shape index (κ3) is 43.2. The number of aliphatic hydroxyl groups excluding tert-OH is 2. The van der Waals surface area contributed by atoms with Crippen molar-refractivity contribution >= 4 is 13.8 Å². The molecule has 0 aromatic rings. The van der Waals surface area contributed by atoms with E-state index in [0.717, 1.165) is 51.4 Å². The second kappa shape index (κ2) is 44.2. The largest absolute Gasteiger partial charge is 0.472 e. The zero-order valence-electron chi connectivity index (χ0n) is 36.5. The molecule has 0 fully saturated rings. The summed E-state index contributed by atoms with van der Waals surface area (Å²) < 4.78 is 33.3. The highest BCUT2D eigenvalue weighted by atomic mass is 31.2. The summed E-state index contributed by atoms with van der Waals surface area (Å²) >= 11 is 0. The fourth-order valence-electron chi connectivity index (χ4n) is 5.70. The van der Waals surface area contributed by atoms with Gasteiger partial charge >= 0.3 is 13.8 Å². The molecular formula is C48H83O9P. The SMILES string of the molecule is CC/C=C\C/C=C\C/C=C\C/C=C\C/C=C\CC(=O)OC(COCCCCCCCCCCCC/C=C\C/C=C\CCCCCCC)COP(=O)(O)OCC(O)CO. The first-order chi connectivity index (χ1) is 28.3. The quantitative estimate of drug-likeness (QED) is 0.0238. The Morgan fingerprint density at radius 2 is 0.983 bits per heavy atom. The van der Waals surface area contributed by atoms with Crippen LogP contribution in [0.25, 0.3) is 0 Å². The molecular weight excluding hydrogens is 751 g/mol. The van der Waals surface area contributed by atoms with Gasteiger partial charge in [0.1, 0.15) is 12.2 Å². The van der Waals surface area contributed by atoms with Crippen LogP contribution in [0, 0.1) is 0 Å². The number of phosphoric acid groups is 1. The predicted molar refractivity (Wildman–Crippen MR) is 242 cm³/mol. The number of unbranched alkanes of at least 4 members (excludes halogenated alkanes) is 15. The van der Waals surface area contributed by atoms with Gasteiger partial charge in [-0.05, 0) is 70.6 Å². The molecule has 0 spiro atoms. The number of esters is 1. The van der Waals surface area contributed by atoms with E-state index in [2.05, 4.69) is 80.7 Å². The van der Waals surface area contributed by atoms with Gasteiger partial charge in [-0.15, -0.1) is 0 Å². The lowest BCUT2D eigenvalue weighted by Gasteiger charge is -2.20. The molecule has 0 aromatic carbocycles. The fraction of sp³-hybridized carbons (Fsp3) is 0.688. The van der Waals surface area contributed by atoms with Gasteiger partial charge in [0.2, 0.25) is 0 Å². The molecule has 0 aliphatic carbocycles. The minimum atomic E-state index is -4.55. The standard InChI is InChI=1S/C48H83O9P/c1-3-5-7-9-11-13-15-17-19-20-21-22-23-24-25-27-29-31-33-35-37-39-41-54-44-47(45-56-58(52,53)55-43-46(50)42-49)57-48(51)40-38-36-34-32-30-28-26-18-16-14-12-10-8-6-4-2/h6,8,12,14-15,17-18,20-21,26,30,32,36,38,46-47,49-50H,3-5,7,9-11,13,16,19,22-25,27-29,31,33-35,37,39-45H2,1-2H3,(H,52,53)/b8-6-,14-12-,17-15-,21-20-,26-18-,32-30-,38-36-. The predicted octanol–water partition coefficient (Wildman–Crippen LogP) is 12.7. The Morgan fingerprint density at radius 3 is 1.48 bits per heavy atom. The number of aliphatic hydroxyl groups is 2. The van der Waals surface area contributed by atoms with Gasteiger partial charge in [-0.1, -0.05) is 176 Å². The van der Waals surface area contributed by atoms with Gasteiger partial charge in [0, 0.05) is 6.61 Å². The molecule has 0 bridgehead atoms. The van der Waals surface area contributed by atoms with E-state index in [0.29, 0.717) is 13.0 Å². The molecule has 0 aliphatic heterocycles. The smallest absolute Gasteiger partial charge is 0.457 e. The summed E-state index contributed by atoms with van der Waals surface area (Å²) in [6.45, 7) is 3.24. The van der Waals surface area contributed by atoms with Crippen LogP contribution in [0.1, 0.15) is 168 Å². The first-order valence-electron chi connectivity index (χ1n) is 22.6. The van der Waals surface area contributed by atoms with Gasteiger partial charge in [0.05, 0.1) is 32.8 Å². The average Bonchev–Trinajstić information content (AvgIpc) is 3.21. The maximum Gasteiger partial charge on any atom is 0.472 e. The first-order valence-corrected chi connectivity index (χ1v) is 24.1. The van der Waals surface area contributed by atoms with Crippen molar-refractivity contribution in [1.82, 2.24) is 0 Å². The second-order valence-corrected chi connectivity index (χ2v) is 16.2. The molecule has 0 saturated carbocycles. The third-order valence-electron chi connectivity index (χ3n) is 9.10. The summed E-state index contributed by atoms with van der Waals surface area (Å²) in [5, 5.41) is 18.3. The Labute approximate surface area is 354 Å². The van der Waals surface area contributed by atoms with E-state index in [1.54, 1.807) is 6.08 Å². The fourth-order valence-corrected chi connectivity index (χ4v) is 6.49. The molecule has 0 aromatic heterocycles. The Balaban J connectivity index is 4.23. The van der Waals surface area contributed by atoms with Gasteiger partial charge in [-0.3, -0.25) is 13.8 Å². The van der Waals surface area contributed by atoms with Crippen LogP contribution in [-0.2, 0) is 27.9 Å². The van der Waals surface area contributed by atoms with E-state index in [1.807, 2.05) is 12.2 Å². The molecule has 9 nitrogen and oxygen atoms in total. The highest BCUT2D eigenvalue weighted by molar-refractivity contribution is 7.47. The van der Waals surface area contributed by atoms with Crippen molar-refractivity contribution in [2.45, 2.75) is 180 Å². The van der Waals surface area contributed by atoms with Crippen LogP contribution in [0.15, 0.2) is 85.1 Å². The van der Waals surface area contributed by atoms with E-state index in [1.165, 1.54) is 89.9 Å². The number of rotatable bonds is 42. The Hall–Kier alpha value is -2.36. The second-order valence-electron chi connectivity index (χ2n) is 14.7. The number of ether oxygens (including phenoxy) is 2. The summed E-state index contributed by atoms with van der Waals surface area (Å²) in [4.78, 5) is 22.5. The maximum atomic E-state index is 12.6. The molecule has 0 radical (unpaired) electrons. The van der Waals surface area contributed by atoms with Crippen LogP contribution in [0.4, 0.5) is 0 Å². The lowest BCUT2D eigenvalue weighted by molar-refractivity contribution is -0.153. The maximum absolute atomic E-state index is 12.6. The van der Waals surface area contributed by atoms with Crippen LogP contribution in [0.3, 0.4) is 0 Å². The summed E-state index contributed by atoms with van der Waals surface area (Å²) in [5.74, 6) is -0.512. The molecule has 334 valence electrons. The molecule has 0 rings (SSSR count). The number of carbonyl (C=O) groups excluding carboxylic acids is 1. The van der Waals surface area contributed by atoms with Gasteiger partial charge in [-0.25, -0.2) is 4.57 Å². The summed E-state index contributed by atoms with van der Waals surface area (Å²) in [6, 6.07) is 0. The zero-order chi connectivity index (χ0) is 42.5. The molecule has 0 amide bonds. The van der Waals surface area contributed by atoms with E-state index in [9.17, 15) is 19.4 Å². The van der Waals surface area contributed by atoms with Gasteiger partial charge in [0.15, 0.2) is 0 Å². The Morgan fingerprint density at radius 1 is 0.552 bits per heavy atom. The van der Waals surface area contributed by atoms with Crippen molar-refractivity contribution in [3.05, 3.63) is 85.1 Å². The average molecular weight is 835 g/mol. The summed E-state index contributed by atoms with van der Waals surface area (Å²) in [7, 11) is -4.55. The van der Waals surface area contributed by atoms with Crippen LogP contribution >= 0.6 is 7.82 Å². The van der Waals surface area contributed by atoms with E-state index in [4.69, 9.17) is 23.6 Å². The van der Waals surface area contributed by atoms with E-state index < -0.39 is 45.8 Å². The number of carbonyl (C=O) groups is 1. The molecule has 3 N–H and O–H groups in total. The summed E-state index contributed by atoms with van der Waals surface area (Å²) in [6.07, 6.45) is 54.3. The lowest BCUT2D eigenvalue weighted by atomic mass is 10.1. The van der Waals surface area contributed by atoms with E-state index in [-0.39, 0.29) is 13.0 Å². The Kier molecular flexibility index (Phi) is 42.4. The lowest BCUT2D eigenvalue weighted by Crippen LogP contribution is -2.28. The zero-order valence-corrected chi connectivity index (χ0v) is 37.4. The Bertz CT molecular complexity index is 1170. The molecule has 0 aliphatic rings. The molecule has 0 heterocycles. The van der Waals surface area contributed by atoms with Crippen molar-refractivity contribution in [1.29, 1.82) is 0 Å². The number of allylic oxidation sites excluding steroid dienone is 13. The topological polar surface area (TPSA) is 132 Å².